The Morgan fingerprint density at radius 2 is 1.69 bits per heavy atom. The van der Waals surface area contributed by atoms with Crippen LogP contribution < -0.4 is 5.73 Å². The van der Waals surface area contributed by atoms with Gasteiger partial charge in [0.05, 0.1) is 0 Å². The molecule has 0 aromatic carbocycles. The zero-order chi connectivity index (χ0) is 12.3. The summed E-state index contributed by atoms with van der Waals surface area (Å²) in [4.78, 5) is 2.76. The summed E-state index contributed by atoms with van der Waals surface area (Å²) in [7, 11) is 0. The van der Waals surface area contributed by atoms with Crippen LogP contribution >= 0.6 is 0 Å². The van der Waals surface area contributed by atoms with Gasteiger partial charge in [-0.3, -0.25) is 4.90 Å². The quantitative estimate of drug-likeness (QED) is 0.741. The Morgan fingerprint density at radius 1 is 1.12 bits per heavy atom. The van der Waals surface area contributed by atoms with Crippen LogP contribution in [-0.4, -0.2) is 29.1 Å². The molecule has 16 heavy (non-hydrogen) atoms. The molecule has 2 unspecified atom stereocenters. The van der Waals surface area contributed by atoms with Crippen molar-refractivity contribution in [1.29, 1.82) is 0 Å². The maximum Gasteiger partial charge on any atom is 0.0195 e. The molecule has 1 aliphatic carbocycles. The average molecular weight is 224 g/mol. The smallest absolute Gasteiger partial charge is 0.0195 e. The number of piperidine rings is 1. The Bertz CT molecular complexity index is 271. The first-order chi connectivity index (χ1) is 7.18. The van der Waals surface area contributed by atoms with Gasteiger partial charge in [0.15, 0.2) is 0 Å². The molecule has 1 saturated heterocycles. The molecule has 2 aliphatic rings. The summed E-state index contributed by atoms with van der Waals surface area (Å²) in [5.41, 5.74) is 6.63. The maximum absolute atomic E-state index is 6.02. The van der Waals surface area contributed by atoms with Crippen molar-refractivity contribution in [2.45, 2.75) is 65.6 Å². The minimum absolute atomic E-state index is 0.279. The molecule has 1 saturated carbocycles. The van der Waals surface area contributed by atoms with Crippen molar-refractivity contribution in [1.82, 2.24) is 4.90 Å². The maximum atomic E-state index is 6.02. The van der Waals surface area contributed by atoms with Crippen molar-refractivity contribution < 1.29 is 0 Å². The fourth-order valence-electron chi connectivity index (χ4n) is 3.90. The van der Waals surface area contributed by atoms with Crippen LogP contribution in [0.1, 0.15) is 48.0 Å². The Labute approximate surface area is 101 Å². The Kier molecular flexibility index (Phi) is 2.67. The van der Waals surface area contributed by atoms with Crippen molar-refractivity contribution in [3.05, 3.63) is 0 Å². The van der Waals surface area contributed by atoms with Crippen molar-refractivity contribution in [2.75, 3.05) is 6.54 Å². The highest BCUT2D eigenvalue weighted by molar-refractivity contribution is 5.15. The van der Waals surface area contributed by atoms with Crippen LogP contribution in [0.2, 0.25) is 0 Å². The predicted octanol–water partition coefficient (Wildman–Crippen LogP) is 2.48. The zero-order valence-electron chi connectivity index (χ0n) is 11.7. The molecule has 2 N–H and O–H groups in total. The fraction of sp³-hybridized carbons (Fsp3) is 1.00. The highest BCUT2D eigenvalue weighted by Gasteiger charge is 2.62. The normalized spacial score (nSPS) is 39.9. The van der Waals surface area contributed by atoms with Gasteiger partial charge in [0.2, 0.25) is 0 Å². The van der Waals surface area contributed by atoms with Crippen LogP contribution in [-0.2, 0) is 0 Å². The van der Waals surface area contributed by atoms with E-state index in [1.165, 1.54) is 6.42 Å². The number of hydrogen-bond acceptors (Lipinski definition) is 2. The van der Waals surface area contributed by atoms with E-state index in [4.69, 9.17) is 5.73 Å². The first kappa shape index (κ1) is 12.4. The number of rotatable bonds is 1. The number of nitrogens with two attached hydrogens (primary N) is 1. The Morgan fingerprint density at radius 3 is 2.06 bits per heavy atom. The van der Waals surface area contributed by atoms with Crippen LogP contribution in [0.25, 0.3) is 0 Å². The molecule has 1 aliphatic heterocycles. The summed E-state index contributed by atoms with van der Waals surface area (Å²) in [6, 6.07) is 1.47. The summed E-state index contributed by atoms with van der Waals surface area (Å²) in [5, 5.41) is 0. The van der Waals surface area contributed by atoms with Crippen molar-refractivity contribution in [2.24, 2.45) is 23.0 Å². The molecule has 0 aromatic rings. The molecule has 0 bridgehead atoms. The van der Waals surface area contributed by atoms with E-state index in [1.54, 1.807) is 0 Å². The minimum atomic E-state index is 0.279. The molecule has 2 rings (SSSR count). The molecule has 1 heterocycles. The SMILES string of the molecule is CC(C)(C)[C@@H]1C(CN)[C@H]2CC2N1C(C)(C)C. The second-order valence-electron chi connectivity index (χ2n) is 7.76. The van der Waals surface area contributed by atoms with Crippen LogP contribution in [0.15, 0.2) is 0 Å². The largest absolute Gasteiger partial charge is 0.330 e. The molecule has 2 heteroatoms. The lowest BCUT2D eigenvalue weighted by molar-refractivity contribution is 0.0161. The molecular formula is C14H28N2. The first-order valence-corrected chi connectivity index (χ1v) is 6.66. The number of nitrogens with zero attached hydrogens (tertiary/aromatic N) is 1. The lowest BCUT2D eigenvalue weighted by Gasteiger charge is -2.47. The third-order valence-electron chi connectivity index (χ3n) is 4.35. The monoisotopic (exact) mass is 224 g/mol. The number of likely N-dealkylation sites (tertiary alicyclic amines) is 1. The number of fused-ring (bicyclic) bond motifs is 1. The van der Waals surface area contributed by atoms with Gasteiger partial charge in [-0.1, -0.05) is 20.8 Å². The summed E-state index contributed by atoms with van der Waals surface area (Å²) >= 11 is 0. The summed E-state index contributed by atoms with van der Waals surface area (Å²) in [6.07, 6.45) is 1.38. The molecule has 2 fully saturated rings. The van der Waals surface area contributed by atoms with Gasteiger partial charge in [0.25, 0.3) is 0 Å². The van der Waals surface area contributed by atoms with E-state index in [0.717, 1.165) is 18.5 Å². The van der Waals surface area contributed by atoms with Gasteiger partial charge in [0, 0.05) is 17.6 Å². The van der Waals surface area contributed by atoms with Crippen molar-refractivity contribution in [3.63, 3.8) is 0 Å². The van der Waals surface area contributed by atoms with Gasteiger partial charge < -0.3 is 5.73 Å². The van der Waals surface area contributed by atoms with Crippen molar-refractivity contribution in [3.8, 4) is 0 Å². The zero-order valence-corrected chi connectivity index (χ0v) is 11.7. The summed E-state index contributed by atoms with van der Waals surface area (Å²) < 4.78 is 0. The lowest BCUT2D eigenvalue weighted by atomic mass is 9.76. The highest BCUT2D eigenvalue weighted by atomic mass is 15.3. The molecule has 0 spiro atoms. The van der Waals surface area contributed by atoms with Gasteiger partial charge in [0.1, 0.15) is 0 Å². The van der Waals surface area contributed by atoms with Crippen LogP contribution in [0, 0.1) is 17.3 Å². The van der Waals surface area contributed by atoms with E-state index in [-0.39, 0.29) is 5.54 Å². The van der Waals surface area contributed by atoms with Crippen LogP contribution in [0.5, 0.6) is 0 Å². The Balaban J connectivity index is 2.30. The fourth-order valence-corrected chi connectivity index (χ4v) is 3.90. The standard InChI is InChI=1S/C14H28N2/c1-13(2,3)12-10(8-15)9-7-11(9)16(12)14(4,5)6/h9-12H,7-8,15H2,1-6H3/t9-,10?,11?,12+/m1/s1. The van der Waals surface area contributed by atoms with Gasteiger partial charge in [-0.15, -0.1) is 0 Å². The van der Waals surface area contributed by atoms with E-state index < -0.39 is 0 Å². The predicted molar refractivity (Wildman–Crippen MR) is 69.3 cm³/mol. The lowest BCUT2D eigenvalue weighted by Crippen LogP contribution is -2.54. The molecule has 0 aromatic heterocycles. The second-order valence-corrected chi connectivity index (χ2v) is 7.76. The molecule has 2 nitrogen and oxygen atoms in total. The molecule has 0 amide bonds. The van der Waals surface area contributed by atoms with E-state index in [1.807, 2.05) is 0 Å². The van der Waals surface area contributed by atoms with Crippen molar-refractivity contribution >= 4 is 0 Å². The summed E-state index contributed by atoms with van der Waals surface area (Å²) in [5.74, 6) is 1.60. The van der Waals surface area contributed by atoms with Gasteiger partial charge >= 0.3 is 0 Å². The highest BCUT2D eigenvalue weighted by Crippen LogP contribution is 2.57. The third-order valence-corrected chi connectivity index (χ3v) is 4.35. The molecule has 4 atom stereocenters. The first-order valence-electron chi connectivity index (χ1n) is 6.66. The average Bonchev–Trinajstić information content (AvgIpc) is 2.75. The van der Waals surface area contributed by atoms with E-state index >= 15 is 0 Å². The van der Waals surface area contributed by atoms with E-state index in [9.17, 15) is 0 Å². The number of hydrogen-bond donors (Lipinski definition) is 1. The second kappa shape index (κ2) is 3.46. The van der Waals surface area contributed by atoms with Gasteiger partial charge in [-0.05, 0) is 51.0 Å². The van der Waals surface area contributed by atoms with Crippen LogP contribution in [0.4, 0.5) is 0 Å². The molecular weight excluding hydrogens is 196 g/mol. The Hall–Kier alpha value is -0.0800. The van der Waals surface area contributed by atoms with Crippen LogP contribution in [0.3, 0.4) is 0 Å². The minimum Gasteiger partial charge on any atom is -0.330 e. The van der Waals surface area contributed by atoms with Gasteiger partial charge in [-0.2, -0.15) is 0 Å². The molecule has 0 radical (unpaired) electrons. The third kappa shape index (κ3) is 1.80. The van der Waals surface area contributed by atoms with Gasteiger partial charge in [-0.25, -0.2) is 0 Å². The van der Waals surface area contributed by atoms with E-state index in [0.29, 0.717) is 17.4 Å². The molecule has 94 valence electrons. The topological polar surface area (TPSA) is 29.3 Å². The van der Waals surface area contributed by atoms with E-state index in [2.05, 4.69) is 46.4 Å². The summed E-state index contributed by atoms with van der Waals surface area (Å²) in [6.45, 7) is 15.0.